The van der Waals surface area contributed by atoms with Gasteiger partial charge in [-0.05, 0) is 42.8 Å². The molecule has 6 heteroatoms. The molecule has 136 valence electrons. The Labute approximate surface area is 161 Å². The fourth-order valence-electron chi connectivity index (χ4n) is 3.07. The molecule has 27 heavy (non-hydrogen) atoms. The lowest BCUT2D eigenvalue weighted by molar-refractivity contribution is 0.0954. The van der Waals surface area contributed by atoms with Gasteiger partial charge < -0.3 is 5.32 Å². The van der Waals surface area contributed by atoms with Crippen molar-refractivity contribution in [2.45, 2.75) is 20.3 Å². The van der Waals surface area contributed by atoms with Crippen molar-refractivity contribution < 1.29 is 4.79 Å². The summed E-state index contributed by atoms with van der Waals surface area (Å²) in [6, 6.07) is 15.8. The summed E-state index contributed by atoms with van der Waals surface area (Å²) in [5.41, 5.74) is 3.68. The molecule has 2 aromatic carbocycles. The van der Waals surface area contributed by atoms with Gasteiger partial charge in [0, 0.05) is 29.6 Å². The van der Waals surface area contributed by atoms with Gasteiger partial charge in [0.25, 0.3) is 5.91 Å². The Morgan fingerprint density at radius 3 is 2.70 bits per heavy atom. The smallest absolute Gasteiger partial charge is 0.251 e. The molecule has 0 saturated heterocycles. The van der Waals surface area contributed by atoms with Crippen molar-refractivity contribution >= 4 is 28.0 Å². The van der Waals surface area contributed by atoms with Gasteiger partial charge in [-0.3, -0.25) is 4.79 Å². The van der Waals surface area contributed by atoms with Crippen LogP contribution in [0, 0.1) is 13.8 Å². The fraction of sp³-hybridized carbons (Fsp3) is 0.190. The van der Waals surface area contributed by atoms with Gasteiger partial charge in [-0.2, -0.15) is 5.10 Å². The highest BCUT2D eigenvalue weighted by atomic mass is 32.1. The van der Waals surface area contributed by atoms with Crippen molar-refractivity contribution in [3.05, 3.63) is 76.6 Å². The van der Waals surface area contributed by atoms with E-state index in [0.717, 1.165) is 33.0 Å². The average molecular weight is 376 g/mol. The number of carbonyl (C=O) groups excluding carboxylic acids is 1. The quantitative estimate of drug-likeness (QED) is 0.571. The SMILES string of the molecule is Cc1cc(C)n(-c2nc(CCNC(=O)c3ccc4ccccc4c3)cs2)n1. The van der Waals surface area contributed by atoms with E-state index in [9.17, 15) is 4.79 Å². The second-order valence-electron chi connectivity index (χ2n) is 6.53. The number of nitrogens with one attached hydrogen (secondary N) is 1. The van der Waals surface area contributed by atoms with E-state index in [-0.39, 0.29) is 5.91 Å². The van der Waals surface area contributed by atoms with Crippen LogP contribution in [0.2, 0.25) is 0 Å². The van der Waals surface area contributed by atoms with Gasteiger partial charge in [0.1, 0.15) is 0 Å². The third-order valence-electron chi connectivity index (χ3n) is 4.41. The van der Waals surface area contributed by atoms with E-state index in [1.165, 1.54) is 0 Å². The first kappa shape index (κ1) is 17.4. The summed E-state index contributed by atoms with van der Waals surface area (Å²) in [5.74, 6) is -0.0604. The molecule has 0 unspecified atom stereocenters. The van der Waals surface area contributed by atoms with Crippen molar-refractivity contribution in [3.63, 3.8) is 0 Å². The number of amides is 1. The Bertz CT molecular complexity index is 1110. The van der Waals surface area contributed by atoms with Crippen LogP contribution < -0.4 is 5.32 Å². The molecular weight excluding hydrogens is 356 g/mol. The number of fused-ring (bicyclic) bond motifs is 1. The molecule has 0 spiro atoms. The highest BCUT2D eigenvalue weighted by Gasteiger charge is 2.10. The summed E-state index contributed by atoms with van der Waals surface area (Å²) in [6.07, 6.45) is 0.690. The number of hydrogen-bond acceptors (Lipinski definition) is 4. The first-order valence-corrected chi connectivity index (χ1v) is 9.73. The molecule has 0 aliphatic carbocycles. The van der Waals surface area contributed by atoms with Crippen LogP contribution in [0.4, 0.5) is 0 Å². The van der Waals surface area contributed by atoms with E-state index in [0.29, 0.717) is 18.5 Å². The van der Waals surface area contributed by atoms with Crippen molar-refractivity contribution in [1.82, 2.24) is 20.1 Å². The molecule has 1 amide bonds. The van der Waals surface area contributed by atoms with Gasteiger partial charge in [0.2, 0.25) is 5.13 Å². The number of nitrogens with zero attached hydrogens (tertiary/aromatic N) is 3. The van der Waals surface area contributed by atoms with Gasteiger partial charge in [0.15, 0.2) is 0 Å². The van der Waals surface area contributed by atoms with E-state index in [4.69, 9.17) is 0 Å². The lowest BCUT2D eigenvalue weighted by Gasteiger charge is -2.05. The Morgan fingerprint density at radius 2 is 1.93 bits per heavy atom. The molecule has 0 aliphatic rings. The summed E-state index contributed by atoms with van der Waals surface area (Å²) in [4.78, 5) is 17.0. The second kappa shape index (κ2) is 7.32. The summed E-state index contributed by atoms with van der Waals surface area (Å²) in [6.45, 7) is 4.54. The lowest BCUT2D eigenvalue weighted by atomic mass is 10.1. The Hall–Kier alpha value is -2.99. The van der Waals surface area contributed by atoms with Gasteiger partial charge in [-0.25, -0.2) is 9.67 Å². The molecule has 1 N–H and O–H groups in total. The number of aryl methyl sites for hydroxylation is 2. The number of thiazole rings is 1. The van der Waals surface area contributed by atoms with E-state index < -0.39 is 0 Å². The first-order chi connectivity index (χ1) is 13.1. The van der Waals surface area contributed by atoms with Crippen LogP contribution in [0.3, 0.4) is 0 Å². The Balaban J connectivity index is 1.38. The summed E-state index contributed by atoms with van der Waals surface area (Å²) < 4.78 is 1.86. The summed E-state index contributed by atoms with van der Waals surface area (Å²) in [5, 5.41) is 12.5. The van der Waals surface area contributed by atoms with Gasteiger partial charge >= 0.3 is 0 Å². The van der Waals surface area contributed by atoms with E-state index in [1.54, 1.807) is 11.3 Å². The average Bonchev–Trinajstić information content (AvgIpc) is 3.27. The molecule has 4 aromatic rings. The van der Waals surface area contributed by atoms with Crippen LogP contribution in [0.1, 0.15) is 27.4 Å². The van der Waals surface area contributed by atoms with E-state index >= 15 is 0 Å². The Kier molecular flexibility index (Phi) is 4.73. The topological polar surface area (TPSA) is 59.8 Å². The maximum Gasteiger partial charge on any atom is 0.251 e. The predicted octanol–water partition coefficient (Wildman–Crippen LogP) is 4.07. The molecule has 2 heterocycles. The van der Waals surface area contributed by atoms with Crippen molar-refractivity contribution in [3.8, 4) is 5.13 Å². The molecule has 4 rings (SSSR count). The van der Waals surface area contributed by atoms with E-state index in [1.807, 2.05) is 72.4 Å². The fourth-order valence-corrected chi connectivity index (χ4v) is 3.93. The number of rotatable bonds is 5. The zero-order valence-electron chi connectivity index (χ0n) is 15.3. The number of carbonyl (C=O) groups is 1. The van der Waals surface area contributed by atoms with Crippen LogP contribution in [0.25, 0.3) is 15.9 Å². The molecule has 2 aromatic heterocycles. The Morgan fingerprint density at radius 1 is 1.11 bits per heavy atom. The molecule has 0 aliphatic heterocycles. The summed E-state index contributed by atoms with van der Waals surface area (Å²) >= 11 is 1.56. The zero-order valence-corrected chi connectivity index (χ0v) is 16.1. The minimum atomic E-state index is -0.0604. The van der Waals surface area contributed by atoms with Crippen molar-refractivity contribution in [2.75, 3.05) is 6.54 Å². The zero-order chi connectivity index (χ0) is 18.8. The molecule has 0 bridgehead atoms. The first-order valence-electron chi connectivity index (χ1n) is 8.85. The van der Waals surface area contributed by atoms with Gasteiger partial charge in [-0.15, -0.1) is 11.3 Å². The maximum absolute atomic E-state index is 12.4. The number of benzene rings is 2. The van der Waals surface area contributed by atoms with Gasteiger partial charge in [0.05, 0.1) is 11.4 Å². The number of aromatic nitrogens is 3. The molecule has 0 radical (unpaired) electrons. The van der Waals surface area contributed by atoms with Gasteiger partial charge in [-0.1, -0.05) is 30.3 Å². The van der Waals surface area contributed by atoms with Crippen molar-refractivity contribution in [1.29, 1.82) is 0 Å². The van der Waals surface area contributed by atoms with E-state index in [2.05, 4.69) is 15.4 Å². The summed E-state index contributed by atoms with van der Waals surface area (Å²) in [7, 11) is 0. The normalized spacial score (nSPS) is 11.0. The largest absolute Gasteiger partial charge is 0.352 e. The molecule has 0 saturated carbocycles. The molecular formula is C21H20N4OS. The molecule has 0 atom stereocenters. The van der Waals surface area contributed by atoms with Crippen LogP contribution in [-0.2, 0) is 6.42 Å². The van der Waals surface area contributed by atoms with Crippen LogP contribution in [0.15, 0.2) is 53.9 Å². The van der Waals surface area contributed by atoms with Crippen LogP contribution >= 0.6 is 11.3 Å². The predicted molar refractivity (Wildman–Crippen MR) is 109 cm³/mol. The third-order valence-corrected chi connectivity index (χ3v) is 5.27. The monoisotopic (exact) mass is 376 g/mol. The number of hydrogen-bond donors (Lipinski definition) is 1. The van der Waals surface area contributed by atoms with Crippen molar-refractivity contribution in [2.24, 2.45) is 0 Å². The van der Waals surface area contributed by atoms with Crippen LogP contribution in [-0.4, -0.2) is 27.2 Å². The molecule has 0 fully saturated rings. The minimum absolute atomic E-state index is 0.0604. The highest BCUT2D eigenvalue weighted by molar-refractivity contribution is 7.12. The molecule has 5 nitrogen and oxygen atoms in total. The lowest BCUT2D eigenvalue weighted by Crippen LogP contribution is -2.25. The second-order valence-corrected chi connectivity index (χ2v) is 7.36. The van der Waals surface area contributed by atoms with Crippen LogP contribution in [0.5, 0.6) is 0 Å². The third kappa shape index (κ3) is 3.75. The highest BCUT2D eigenvalue weighted by Crippen LogP contribution is 2.18. The standard InChI is InChI=1S/C21H20N4OS/c1-14-11-15(2)25(24-14)21-23-19(13-27-21)9-10-22-20(26)18-8-7-16-5-3-4-6-17(16)12-18/h3-8,11-13H,9-10H2,1-2H3,(H,22,26). The minimum Gasteiger partial charge on any atom is -0.352 e. The maximum atomic E-state index is 12.4.